The van der Waals surface area contributed by atoms with Gasteiger partial charge in [-0.2, -0.15) is 0 Å². The van der Waals surface area contributed by atoms with Crippen LogP contribution in [0.15, 0.2) is 18.2 Å². The Morgan fingerprint density at radius 2 is 2.04 bits per heavy atom. The molecule has 1 fully saturated rings. The first-order valence-electron chi connectivity index (χ1n) is 9.66. The van der Waals surface area contributed by atoms with E-state index in [4.69, 9.17) is 0 Å². The number of phenolic OH excluding ortho intramolecular Hbond substituents is 1. The van der Waals surface area contributed by atoms with E-state index in [-0.39, 0.29) is 5.41 Å². The van der Waals surface area contributed by atoms with Crippen molar-refractivity contribution < 1.29 is 5.11 Å². The Balaban J connectivity index is 1.83. The highest BCUT2D eigenvalue weighted by molar-refractivity contribution is 5.44. The molecule has 0 amide bonds. The first-order valence-corrected chi connectivity index (χ1v) is 9.66. The molecule has 0 aromatic heterocycles. The molecule has 1 aromatic carbocycles. The van der Waals surface area contributed by atoms with Crippen LogP contribution in [-0.2, 0) is 11.8 Å². The largest absolute Gasteiger partial charge is 0.508 e. The van der Waals surface area contributed by atoms with Crippen LogP contribution in [0.25, 0.3) is 0 Å². The second-order valence-electron chi connectivity index (χ2n) is 7.89. The molecule has 1 saturated heterocycles. The molecule has 2 bridgehead atoms. The summed E-state index contributed by atoms with van der Waals surface area (Å²) in [4.78, 5) is 2.78. The Labute approximate surface area is 141 Å². The summed E-state index contributed by atoms with van der Waals surface area (Å²) in [6, 6.07) is 6.78. The van der Waals surface area contributed by atoms with Gasteiger partial charge in [0.15, 0.2) is 0 Å². The molecule has 2 nitrogen and oxygen atoms in total. The molecule has 1 aromatic rings. The normalized spacial score (nSPS) is 30.2. The SMILES string of the molecule is CCCCCCN1CC[C@]2(C)c3cc(O)ccc3C[C@@H]1[C@@H]2CC. The Bertz CT molecular complexity index is 541. The summed E-state index contributed by atoms with van der Waals surface area (Å²) in [6.45, 7) is 9.57. The van der Waals surface area contributed by atoms with E-state index in [1.54, 1.807) is 0 Å². The van der Waals surface area contributed by atoms with Crippen molar-refractivity contribution in [1.29, 1.82) is 0 Å². The fraction of sp³-hybridized carbons (Fsp3) is 0.714. The van der Waals surface area contributed by atoms with Gasteiger partial charge in [0.2, 0.25) is 0 Å². The number of aromatic hydroxyl groups is 1. The second kappa shape index (κ2) is 6.84. The van der Waals surface area contributed by atoms with Gasteiger partial charge in [0.05, 0.1) is 0 Å². The molecule has 23 heavy (non-hydrogen) atoms. The highest BCUT2D eigenvalue weighted by atomic mass is 16.3. The van der Waals surface area contributed by atoms with E-state index in [1.807, 2.05) is 12.1 Å². The molecule has 0 radical (unpaired) electrons. The highest BCUT2D eigenvalue weighted by Gasteiger charge is 2.49. The van der Waals surface area contributed by atoms with E-state index in [9.17, 15) is 5.11 Å². The number of benzene rings is 1. The number of rotatable bonds is 6. The van der Waals surface area contributed by atoms with Crippen molar-refractivity contribution >= 4 is 0 Å². The molecule has 0 saturated carbocycles. The number of likely N-dealkylation sites (tertiary alicyclic amines) is 1. The van der Waals surface area contributed by atoms with Gasteiger partial charge >= 0.3 is 0 Å². The van der Waals surface area contributed by atoms with Crippen LogP contribution in [0, 0.1) is 5.92 Å². The maximum absolute atomic E-state index is 9.97. The molecular weight excluding hydrogens is 282 g/mol. The minimum atomic E-state index is 0.242. The van der Waals surface area contributed by atoms with Crippen molar-refractivity contribution in [2.75, 3.05) is 13.1 Å². The number of nitrogens with zero attached hydrogens (tertiary/aromatic N) is 1. The topological polar surface area (TPSA) is 23.5 Å². The minimum absolute atomic E-state index is 0.242. The average Bonchev–Trinajstić information content (AvgIpc) is 2.54. The van der Waals surface area contributed by atoms with Crippen LogP contribution in [-0.4, -0.2) is 29.1 Å². The predicted molar refractivity (Wildman–Crippen MR) is 97.1 cm³/mol. The van der Waals surface area contributed by atoms with Gasteiger partial charge in [0.25, 0.3) is 0 Å². The number of hydrogen-bond donors (Lipinski definition) is 1. The zero-order chi connectivity index (χ0) is 16.4. The van der Waals surface area contributed by atoms with Gasteiger partial charge < -0.3 is 5.11 Å². The van der Waals surface area contributed by atoms with Crippen LogP contribution < -0.4 is 0 Å². The smallest absolute Gasteiger partial charge is 0.115 e. The zero-order valence-electron chi connectivity index (χ0n) is 15.1. The maximum atomic E-state index is 9.97. The van der Waals surface area contributed by atoms with Gasteiger partial charge in [-0.1, -0.05) is 52.5 Å². The first-order chi connectivity index (χ1) is 11.1. The first kappa shape index (κ1) is 16.8. The number of phenols is 1. The summed E-state index contributed by atoms with van der Waals surface area (Å²) in [5, 5.41) is 9.97. The van der Waals surface area contributed by atoms with Crippen LogP contribution in [0.4, 0.5) is 0 Å². The van der Waals surface area contributed by atoms with E-state index < -0.39 is 0 Å². The third-order valence-electron chi connectivity index (χ3n) is 6.55. The van der Waals surface area contributed by atoms with Crippen molar-refractivity contribution in [3.05, 3.63) is 29.3 Å². The molecule has 3 atom stereocenters. The van der Waals surface area contributed by atoms with E-state index in [0.717, 1.165) is 12.3 Å². The van der Waals surface area contributed by atoms with Crippen LogP contribution >= 0.6 is 0 Å². The Kier molecular flexibility index (Phi) is 5.01. The summed E-state index contributed by atoms with van der Waals surface area (Å²) >= 11 is 0. The maximum Gasteiger partial charge on any atom is 0.115 e. The highest BCUT2D eigenvalue weighted by Crippen LogP contribution is 2.50. The fourth-order valence-corrected chi connectivity index (χ4v) is 5.25. The zero-order valence-corrected chi connectivity index (χ0v) is 15.1. The molecule has 0 spiro atoms. The molecule has 128 valence electrons. The van der Waals surface area contributed by atoms with Crippen molar-refractivity contribution in [1.82, 2.24) is 4.90 Å². The van der Waals surface area contributed by atoms with Gasteiger partial charge in [-0.3, -0.25) is 4.90 Å². The molecule has 1 N–H and O–H groups in total. The van der Waals surface area contributed by atoms with Crippen LogP contribution in [0.2, 0.25) is 0 Å². The molecule has 1 aliphatic carbocycles. The lowest BCUT2D eigenvalue weighted by Crippen LogP contribution is -2.58. The lowest BCUT2D eigenvalue weighted by molar-refractivity contribution is 0.0187. The van der Waals surface area contributed by atoms with Gasteiger partial charge in [-0.25, -0.2) is 0 Å². The van der Waals surface area contributed by atoms with Gasteiger partial charge in [-0.15, -0.1) is 0 Å². The molecule has 2 aliphatic rings. The second-order valence-corrected chi connectivity index (χ2v) is 7.89. The van der Waals surface area contributed by atoms with Crippen molar-refractivity contribution in [3.63, 3.8) is 0 Å². The molecule has 1 heterocycles. The Morgan fingerprint density at radius 1 is 1.22 bits per heavy atom. The lowest BCUT2D eigenvalue weighted by atomic mass is 9.57. The van der Waals surface area contributed by atoms with Crippen molar-refractivity contribution in [3.8, 4) is 5.75 Å². The molecule has 3 rings (SSSR count). The number of fused-ring (bicyclic) bond motifs is 4. The van der Waals surface area contributed by atoms with E-state index in [0.29, 0.717) is 11.8 Å². The predicted octanol–water partition coefficient (Wildman–Crippen LogP) is 4.89. The number of unbranched alkanes of at least 4 members (excludes halogenated alkanes) is 3. The molecular formula is C21H33NO. The standard InChI is InChI=1S/C21H33NO/c1-4-6-7-8-12-22-13-11-21(3)18(5-2)20(22)14-16-9-10-17(23)15-19(16)21/h9-10,15,18,20,23H,4-8,11-14H2,1-3H3/t18-,20+,21-/m0/s1. The summed E-state index contributed by atoms with van der Waals surface area (Å²) in [6.07, 6.45) is 9.04. The summed E-state index contributed by atoms with van der Waals surface area (Å²) in [5.74, 6) is 1.15. The third kappa shape index (κ3) is 3.03. The van der Waals surface area contributed by atoms with Crippen LogP contribution in [0.1, 0.15) is 70.4 Å². The van der Waals surface area contributed by atoms with Gasteiger partial charge in [0.1, 0.15) is 5.75 Å². The van der Waals surface area contributed by atoms with E-state index >= 15 is 0 Å². The summed E-state index contributed by atoms with van der Waals surface area (Å²) < 4.78 is 0. The van der Waals surface area contributed by atoms with Crippen molar-refractivity contribution in [2.45, 2.75) is 77.2 Å². The fourth-order valence-electron chi connectivity index (χ4n) is 5.25. The summed E-state index contributed by atoms with van der Waals surface area (Å²) in [7, 11) is 0. The number of piperidine rings is 1. The lowest BCUT2D eigenvalue weighted by Gasteiger charge is -2.55. The number of hydrogen-bond acceptors (Lipinski definition) is 2. The van der Waals surface area contributed by atoms with Crippen LogP contribution in [0.3, 0.4) is 0 Å². The Hall–Kier alpha value is -1.02. The average molecular weight is 316 g/mol. The molecule has 2 heteroatoms. The molecule has 1 aliphatic heterocycles. The van der Waals surface area contributed by atoms with E-state index in [1.165, 1.54) is 62.7 Å². The Morgan fingerprint density at radius 3 is 2.78 bits per heavy atom. The summed E-state index contributed by atoms with van der Waals surface area (Å²) in [5.41, 5.74) is 3.13. The van der Waals surface area contributed by atoms with Crippen molar-refractivity contribution in [2.24, 2.45) is 5.92 Å². The monoisotopic (exact) mass is 315 g/mol. The molecule has 0 unspecified atom stereocenters. The van der Waals surface area contributed by atoms with Gasteiger partial charge in [-0.05, 0) is 66.9 Å². The van der Waals surface area contributed by atoms with Crippen LogP contribution in [0.5, 0.6) is 5.75 Å². The van der Waals surface area contributed by atoms with Gasteiger partial charge in [0, 0.05) is 6.04 Å². The third-order valence-corrected chi connectivity index (χ3v) is 6.55. The quantitative estimate of drug-likeness (QED) is 0.756. The van der Waals surface area contributed by atoms with E-state index in [2.05, 4.69) is 31.7 Å². The minimum Gasteiger partial charge on any atom is -0.508 e.